The third-order valence-corrected chi connectivity index (χ3v) is 0. The summed E-state index contributed by atoms with van der Waals surface area (Å²) in [5.74, 6) is 0. The van der Waals surface area contributed by atoms with Gasteiger partial charge in [0, 0.05) is 0 Å². The van der Waals surface area contributed by atoms with Crippen LogP contribution in [-0.2, 0) is 0 Å². The van der Waals surface area contributed by atoms with E-state index in [1.54, 1.807) is 0 Å². The van der Waals surface area contributed by atoms with Crippen LogP contribution in [0.3, 0.4) is 0 Å². The van der Waals surface area contributed by atoms with Crippen molar-refractivity contribution in [3.05, 3.63) is 6.15 Å². The van der Waals surface area contributed by atoms with E-state index in [-0.39, 0.29) is 97.0 Å². The maximum atomic E-state index is 0. The van der Waals surface area contributed by atoms with Gasteiger partial charge in [0.25, 0.3) is 0 Å². The molecule has 0 aliphatic rings. The van der Waals surface area contributed by atoms with Gasteiger partial charge in [-0.25, -0.2) is 0 Å². The average Bonchev–Trinajstić information content (AvgIpc) is 0. The molecule has 24 valence electrons. The molecule has 6 heavy (non-hydrogen) atoms. The molecule has 1 nitrogen and oxygen atoms in total. The molecule has 0 N–H and O–H groups in total. The molecule has 0 fully saturated rings. The van der Waals surface area contributed by atoms with Gasteiger partial charge in [0.1, 0.15) is 0 Å². The first kappa shape index (κ1) is 64.2. The van der Waals surface area contributed by atoms with Crippen LogP contribution < -0.4 is 0 Å². The Hall–Kier alpha value is 2.99. The van der Waals surface area contributed by atoms with Gasteiger partial charge in [-0.3, -0.25) is 0 Å². The van der Waals surface area contributed by atoms with E-state index in [2.05, 4.69) is 0 Å². The van der Waals surface area contributed by atoms with Crippen molar-refractivity contribution >= 4 is 90.8 Å². The molecule has 0 heterocycles. The molecular formula is AlAsGaInNP. The second-order valence-electron chi connectivity index (χ2n) is 0. The minimum atomic E-state index is 0. The molecule has 0 radical (unpaired) electrons. The maximum absolute atomic E-state index is 0. The molecule has 0 atom stereocenters. The van der Waals surface area contributed by atoms with Gasteiger partial charge >= 0.3 is 63.0 Å². The average molecular weight is 331 g/mol. The third kappa shape index (κ3) is 28.1. The molecule has 6 heteroatoms. The van der Waals surface area contributed by atoms with Crippen LogP contribution >= 0.6 is 9.90 Å². The fourth-order valence-electron chi connectivity index (χ4n) is 0. The van der Waals surface area contributed by atoms with E-state index in [4.69, 9.17) is 0 Å². The van der Waals surface area contributed by atoms with Crippen LogP contribution in [0.5, 0.6) is 0 Å². The Morgan fingerprint density at radius 2 is 1.00 bits per heavy atom. The Balaban J connectivity index is 0. The number of rotatable bonds is 0. The predicted molar refractivity (Wildman–Crippen MR) is 33.3 cm³/mol. The van der Waals surface area contributed by atoms with Crippen molar-refractivity contribution in [2.45, 2.75) is 0 Å². The summed E-state index contributed by atoms with van der Waals surface area (Å²) < 4.78 is 0. The Kier molecular flexibility index (Phi) is 468. The number of hydrogen-bond donors (Lipinski definition) is 0. The summed E-state index contributed by atoms with van der Waals surface area (Å²) >= 11 is 0. The Morgan fingerprint density at radius 3 is 1.00 bits per heavy atom. The van der Waals surface area contributed by atoms with Crippen LogP contribution in [0.2, 0.25) is 0 Å². The van der Waals surface area contributed by atoms with Gasteiger partial charge < -0.3 is 34.0 Å². The molecular weight excluding hydrogens is 331 g/mol. The molecule has 0 aromatic carbocycles. The van der Waals surface area contributed by atoms with E-state index in [1.165, 1.54) is 0 Å². The largest absolute Gasteiger partial charge is 3.00 e. The molecule has 0 aliphatic heterocycles. The summed E-state index contributed by atoms with van der Waals surface area (Å²) in [5, 5.41) is 0. The predicted octanol–water partition coefficient (Wildman–Crippen LogP) is -0.373. The Bertz CT molecular complexity index is 15.5. The van der Waals surface area contributed by atoms with E-state index >= 15 is 0 Å². The zero-order valence-electron chi connectivity index (χ0n) is 3.07. The monoisotopic (exact) mass is 331 g/mol. The van der Waals surface area contributed by atoms with Gasteiger partial charge in [0.05, 0.1) is 0 Å². The van der Waals surface area contributed by atoms with Gasteiger partial charge in [-0.1, -0.05) is 0 Å². The van der Waals surface area contributed by atoms with Crippen LogP contribution in [0.25, 0.3) is 6.15 Å². The normalized spacial score (nSPS) is 0. The summed E-state index contributed by atoms with van der Waals surface area (Å²) in [6.07, 6.45) is 0. The standard InChI is InChI=1S/Al.As.Ga.In.N.P/q+3;-3;2*+3;2*-3. The van der Waals surface area contributed by atoms with Gasteiger partial charge in [-0.15, -0.1) is 0 Å². The molecule has 0 bridgehead atoms. The summed E-state index contributed by atoms with van der Waals surface area (Å²) in [4.78, 5) is 0. The van der Waals surface area contributed by atoms with E-state index in [1.807, 2.05) is 0 Å². The minimum Gasteiger partial charge on any atom is -3.00 e. The van der Waals surface area contributed by atoms with Crippen LogP contribution in [0, 0.1) is 0 Å². The Morgan fingerprint density at radius 1 is 1.00 bits per heavy atom. The first-order chi connectivity index (χ1) is 0. The molecule has 0 amide bonds. The van der Waals surface area contributed by atoms with Crippen LogP contribution in [-0.4, -0.2) is 80.9 Å². The van der Waals surface area contributed by atoms with Crippen LogP contribution in [0.4, 0.5) is 0 Å². The molecule has 0 aromatic rings. The van der Waals surface area contributed by atoms with E-state index in [9.17, 15) is 0 Å². The fraction of sp³-hybridized carbons (Fsp3) is 0. The molecule has 0 spiro atoms. The maximum Gasteiger partial charge on any atom is 3.00 e. The SMILES string of the molecule is [Al+3].[As-3].[Ga+3].[In+3].[N-3].[P-3]. The topological polar surface area (TPSA) is 30.5 Å². The van der Waals surface area contributed by atoms with Gasteiger partial charge in [0.2, 0.25) is 0 Å². The van der Waals surface area contributed by atoms with Crippen molar-refractivity contribution in [3.63, 3.8) is 0 Å². The Labute approximate surface area is 95.7 Å². The molecule has 0 aliphatic carbocycles. The van der Waals surface area contributed by atoms with Crippen molar-refractivity contribution in [3.8, 4) is 0 Å². The number of nitrogens with zero attached hydrogens (tertiary/aromatic N) is 1. The van der Waals surface area contributed by atoms with Crippen molar-refractivity contribution < 1.29 is 0 Å². The van der Waals surface area contributed by atoms with Gasteiger partial charge in [-0.2, -0.15) is 0 Å². The van der Waals surface area contributed by atoms with Crippen molar-refractivity contribution in [1.29, 1.82) is 0 Å². The van der Waals surface area contributed by atoms with E-state index < -0.39 is 0 Å². The summed E-state index contributed by atoms with van der Waals surface area (Å²) in [6, 6.07) is 0. The molecule has 0 saturated carbocycles. The first-order valence-corrected chi connectivity index (χ1v) is 0. The minimum absolute atomic E-state index is 0. The summed E-state index contributed by atoms with van der Waals surface area (Å²) in [6.45, 7) is 0. The second-order valence-corrected chi connectivity index (χ2v) is 0. The van der Waals surface area contributed by atoms with E-state index in [0.717, 1.165) is 0 Å². The molecule has 0 aromatic heterocycles. The zero-order valence-corrected chi connectivity index (χ0v) is 12.7. The van der Waals surface area contributed by atoms with Gasteiger partial charge in [0.15, 0.2) is 0 Å². The van der Waals surface area contributed by atoms with E-state index in [0.29, 0.717) is 0 Å². The third-order valence-electron chi connectivity index (χ3n) is 0. The summed E-state index contributed by atoms with van der Waals surface area (Å²) in [5.41, 5.74) is 0. The van der Waals surface area contributed by atoms with Crippen molar-refractivity contribution in [2.75, 3.05) is 0 Å². The fourth-order valence-corrected chi connectivity index (χ4v) is 0. The number of hydrogen-bond acceptors (Lipinski definition) is 0. The molecule has 0 unspecified atom stereocenters. The summed E-state index contributed by atoms with van der Waals surface area (Å²) in [7, 11) is 0. The zero-order chi connectivity index (χ0) is 0. The van der Waals surface area contributed by atoms with Crippen molar-refractivity contribution in [2.24, 2.45) is 0 Å². The molecule has 0 saturated heterocycles. The second kappa shape index (κ2) is 43.7. The van der Waals surface area contributed by atoms with Gasteiger partial charge in [-0.05, 0) is 0 Å². The first-order valence-electron chi connectivity index (χ1n) is 0. The van der Waals surface area contributed by atoms with Crippen LogP contribution in [0.1, 0.15) is 0 Å². The van der Waals surface area contributed by atoms with Crippen molar-refractivity contribution in [1.82, 2.24) is 0 Å². The molecule has 0 rings (SSSR count). The smallest absolute Gasteiger partial charge is 3.00 e. The quantitative estimate of drug-likeness (QED) is 0.428. The van der Waals surface area contributed by atoms with Crippen LogP contribution in [0.15, 0.2) is 0 Å².